The molecule has 0 aromatic heterocycles. The molecule has 4 N–H and O–H groups in total. The summed E-state index contributed by atoms with van der Waals surface area (Å²) in [5.41, 5.74) is 0. The predicted octanol–water partition coefficient (Wildman–Crippen LogP) is 29.2. The fourth-order valence-corrected chi connectivity index (χ4v) is 14.1. The number of aliphatic hydroxyl groups is 2. The van der Waals surface area contributed by atoms with E-state index in [-0.39, 0.29) is 19.3 Å². The van der Waals surface area contributed by atoms with Crippen molar-refractivity contribution in [2.24, 2.45) is 0 Å². The van der Waals surface area contributed by atoms with Crippen molar-refractivity contribution in [2.75, 3.05) is 39.6 Å². The van der Waals surface area contributed by atoms with E-state index in [4.69, 9.17) is 32.3 Å². The summed E-state index contributed by atoms with van der Waals surface area (Å²) in [6.45, 7) is 2.39. The minimum Gasteiger partial charge on any atom is -0.463 e. The molecule has 18 heteroatoms. The molecule has 0 spiro atoms. The van der Waals surface area contributed by atoms with E-state index in [1.54, 1.807) is 0 Å². The molecule has 119 heavy (non-hydrogen) atoms. The predicted molar refractivity (Wildman–Crippen MR) is 500 cm³/mol. The van der Waals surface area contributed by atoms with Crippen LogP contribution in [0, 0.1) is 0 Å². The number of hydrogen-bond acceptors (Lipinski definition) is 14. The number of carbonyl (C=O) groups excluding carboxylic acids is 3. The quantitative estimate of drug-likeness (QED) is 0.0146. The summed E-state index contributed by atoms with van der Waals surface area (Å²) in [7, 11) is -9.83. The maximum absolute atomic E-state index is 13.0. The van der Waals surface area contributed by atoms with Gasteiger partial charge in [-0.1, -0.05) is 389 Å². The highest BCUT2D eigenvalue weighted by Crippen LogP contribution is 2.45. The minimum atomic E-state index is -4.96. The molecule has 0 aliphatic carbocycles. The molecule has 0 aliphatic rings. The van der Waals surface area contributed by atoms with Gasteiger partial charge >= 0.3 is 33.6 Å². The van der Waals surface area contributed by atoms with Gasteiger partial charge in [-0.25, -0.2) is 9.13 Å². The van der Waals surface area contributed by atoms with Gasteiger partial charge in [0.1, 0.15) is 25.4 Å². The summed E-state index contributed by atoms with van der Waals surface area (Å²) < 4.78 is 61.4. The Hall–Kier alpha value is -5.35. The average Bonchev–Trinajstić information content (AvgIpc) is 0.902. The molecule has 680 valence electrons. The fourth-order valence-electron chi connectivity index (χ4n) is 12.5. The lowest BCUT2D eigenvalue weighted by molar-refractivity contribution is -0.161. The molecule has 0 aromatic carbocycles. The van der Waals surface area contributed by atoms with Crippen LogP contribution in [-0.2, 0) is 55.8 Å². The van der Waals surface area contributed by atoms with E-state index in [0.717, 1.165) is 141 Å². The van der Waals surface area contributed by atoms with Crippen LogP contribution in [0.1, 0.15) is 380 Å². The van der Waals surface area contributed by atoms with Gasteiger partial charge in [0, 0.05) is 19.3 Å². The summed E-state index contributed by atoms with van der Waals surface area (Å²) in [5, 5.41) is 20.7. The molecule has 5 atom stereocenters. The Bertz CT molecular complexity index is 2890. The highest BCUT2D eigenvalue weighted by molar-refractivity contribution is 7.47. The highest BCUT2D eigenvalue weighted by atomic mass is 31.2. The molecule has 0 radical (unpaired) electrons. The monoisotopic (exact) mass is 1700 g/mol. The number of unbranched alkanes of at least 4 members (excludes halogenated alkanes) is 35. The second-order valence-electron chi connectivity index (χ2n) is 31.0. The first-order chi connectivity index (χ1) is 58.2. The Balaban J connectivity index is 4.50. The molecule has 0 rings (SSSR count). The topological polar surface area (TPSA) is 231 Å². The number of esters is 3. The van der Waals surface area contributed by atoms with E-state index in [2.05, 4.69) is 191 Å². The Morgan fingerprint density at radius 3 is 0.731 bits per heavy atom. The second kappa shape index (κ2) is 91.8. The molecule has 16 nitrogen and oxygen atoms in total. The molecule has 0 saturated carbocycles. The van der Waals surface area contributed by atoms with Gasteiger partial charge in [-0.3, -0.25) is 32.5 Å². The number of phosphoric ester groups is 2. The summed E-state index contributed by atoms with van der Waals surface area (Å²) in [6.07, 6.45) is 121. The molecular formula is C101H170O16P2. The third kappa shape index (κ3) is 93.2. The number of phosphoric acid groups is 2. The van der Waals surface area contributed by atoms with Crippen LogP contribution in [0.5, 0.6) is 0 Å². The number of allylic oxidation sites excluding steroid dienone is 30. The lowest BCUT2D eigenvalue weighted by atomic mass is 10.0. The maximum atomic E-state index is 13.0. The molecule has 0 aliphatic heterocycles. The van der Waals surface area contributed by atoms with Crippen LogP contribution in [0.15, 0.2) is 182 Å². The summed E-state index contributed by atoms with van der Waals surface area (Å²) >= 11 is 0. The first-order valence-corrected chi connectivity index (χ1v) is 50.1. The van der Waals surface area contributed by atoms with E-state index >= 15 is 0 Å². The second-order valence-corrected chi connectivity index (χ2v) is 34.0. The fraction of sp³-hybridized carbons (Fsp3) is 0.673. The number of carbonyl (C=O) groups is 3. The Labute approximate surface area is 725 Å². The van der Waals surface area contributed by atoms with E-state index < -0.39 is 91.5 Å². The van der Waals surface area contributed by atoms with Crippen molar-refractivity contribution in [1.82, 2.24) is 0 Å². The summed E-state index contributed by atoms with van der Waals surface area (Å²) in [4.78, 5) is 58.9. The average molecular weight is 1700 g/mol. The van der Waals surface area contributed by atoms with Crippen LogP contribution in [-0.4, -0.2) is 95.9 Å². The van der Waals surface area contributed by atoms with E-state index in [0.29, 0.717) is 25.7 Å². The van der Waals surface area contributed by atoms with Crippen molar-refractivity contribution in [1.29, 1.82) is 0 Å². The van der Waals surface area contributed by atoms with Gasteiger partial charge in [0.2, 0.25) is 0 Å². The van der Waals surface area contributed by atoms with Crippen molar-refractivity contribution in [2.45, 2.75) is 399 Å². The third-order valence-electron chi connectivity index (χ3n) is 19.6. The molecule has 0 bridgehead atoms. The van der Waals surface area contributed by atoms with Crippen molar-refractivity contribution >= 4 is 33.6 Å². The van der Waals surface area contributed by atoms with Crippen LogP contribution in [0.25, 0.3) is 0 Å². The van der Waals surface area contributed by atoms with Crippen molar-refractivity contribution in [3.8, 4) is 0 Å². The van der Waals surface area contributed by atoms with E-state index in [1.165, 1.54) is 173 Å². The number of rotatable bonds is 88. The van der Waals surface area contributed by atoms with Crippen molar-refractivity contribution in [3.63, 3.8) is 0 Å². The molecule has 0 aromatic rings. The van der Waals surface area contributed by atoms with Crippen LogP contribution in [0.2, 0.25) is 0 Å². The zero-order valence-electron chi connectivity index (χ0n) is 75.0. The SMILES string of the molecule is CC/C=C\C/C=C\C/C=C\C/C=C\C/C=C\C/C=C\CCCCCCCCCCCCCCC(=O)OCC(COP(=O)(O)OCC(O)COP(=O)(O)OCC(O)COC(=O)CCCCCCCCCCCCCCCCCCCCC/C=C\C/C=C\C/C=C\C/C=C\CCCCC)OC(=O)CCC/C=C\C/C=C\C/C=C\C/C=C\C/C=C\CC. The zero-order valence-corrected chi connectivity index (χ0v) is 76.8. The lowest BCUT2D eigenvalue weighted by Crippen LogP contribution is -2.30. The minimum absolute atomic E-state index is 0.0211. The largest absolute Gasteiger partial charge is 0.472 e. The number of aliphatic hydroxyl groups excluding tert-OH is 2. The van der Waals surface area contributed by atoms with Crippen LogP contribution >= 0.6 is 15.6 Å². The Kier molecular flexibility index (Phi) is 87.7. The normalized spacial score (nSPS) is 14.6. The van der Waals surface area contributed by atoms with Crippen LogP contribution in [0.4, 0.5) is 0 Å². The molecular weight excluding hydrogens is 1530 g/mol. The molecule has 0 saturated heterocycles. The van der Waals surface area contributed by atoms with Gasteiger partial charge < -0.3 is 34.2 Å². The van der Waals surface area contributed by atoms with Crippen LogP contribution in [0.3, 0.4) is 0 Å². The van der Waals surface area contributed by atoms with Gasteiger partial charge in [0.05, 0.1) is 26.4 Å². The smallest absolute Gasteiger partial charge is 0.463 e. The molecule has 0 amide bonds. The van der Waals surface area contributed by atoms with Crippen molar-refractivity contribution < 1.29 is 75.8 Å². The summed E-state index contributed by atoms with van der Waals surface area (Å²) in [6, 6.07) is 0. The number of hydrogen-bond donors (Lipinski definition) is 4. The molecule has 0 heterocycles. The van der Waals surface area contributed by atoms with Gasteiger partial charge in [-0.2, -0.15) is 0 Å². The van der Waals surface area contributed by atoms with Gasteiger partial charge in [0.25, 0.3) is 0 Å². The van der Waals surface area contributed by atoms with Gasteiger partial charge in [-0.05, 0) is 154 Å². The molecule has 5 unspecified atom stereocenters. The third-order valence-corrected chi connectivity index (χ3v) is 21.5. The maximum Gasteiger partial charge on any atom is 0.472 e. The van der Waals surface area contributed by atoms with E-state index in [1.807, 2.05) is 12.2 Å². The molecule has 0 fully saturated rings. The Morgan fingerprint density at radius 1 is 0.244 bits per heavy atom. The first kappa shape index (κ1) is 114. The van der Waals surface area contributed by atoms with Gasteiger partial charge in [-0.15, -0.1) is 0 Å². The first-order valence-electron chi connectivity index (χ1n) is 47.1. The lowest BCUT2D eigenvalue weighted by Gasteiger charge is -2.21. The summed E-state index contributed by atoms with van der Waals surface area (Å²) in [5.74, 6) is -1.64. The number of ether oxygens (including phenoxy) is 3. The zero-order chi connectivity index (χ0) is 86.5. The Morgan fingerprint density at radius 2 is 0.454 bits per heavy atom. The highest BCUT2D eigenvalue weighted by Gasteiger charge is 2.29. The van der Waals surface area contributed by atoms with E-state index in [9.17, 15) is 43.5 Å². The van der Waals surface area contributed by atoms with Gasteiger partial charge in [0.15, 0.2) is 6.10 Å². The van der Waals surface area contributed by atoms with Crippen molar-refractivity contribution in [3.05, 3.63) is 182 Å². The van der Waals surface area contributed by atoms with Crippen LogP contribution < -0.4 is 0 Å². The standard InChI is InChI=1S/C101H170O16P2/c1-4-7-10-13-16-19-22-25-28-31-33-35-37-39-41-43-45-46-47-48-50-52-53-55-57-59-61-64-66-69-72-75-78-81-84-87-99(104)111-90-96(102)91-113-118(107,108)114-92-97(103)93-115-119(109,110)116-95-98(117-101(106)89-86-83-80-77-74-71-68-63-30-27-24-21-18-15-12-9-6-3)94-112-100(105)88-85-82-79-76-73-70-67-65-62-60-58-56-54-51-49-44-42-40-38-36-34-32-29-26-23-20-17-14-11-8-5-2/h8-9,11-12,16-21,25-30,33-36,39-42,49,51,68,71,77,80,96-98,102-103H,4-7,10,13-15,22-24,31-32,37-38,43-48,50,52-67,69-70,72-76,78-79,81-95H2,1-3H3,(H,107,108)(H,109,110)/b11-8-,12-9-,19-16-,20-17-,21-18-,28-25-,29-26-,30-27-,35-33-,36-34-,41-39-,42-40-,51-49-,71-68-,80-77-.